The Kier molecular flexibility index (Phi) is 3.06. The van der Waals surface area contributed by atoms with Gasteiger partial charge >= 0.3 is 0 Å². The first-order valence-electron chi connectivity index (χ1n) is 6.87. The van der Waals surface area contributed by atoms with Gasteiger partial charge in [-0.25, -0.2) is 0 Å². The van der Waals surface area contributed by atoms with Gasteiger partial charge in [-0.05, 0) is 80.3 Å². The van der Waals surface area contributed by atoms with Gasteiger partial charge in [-0.15, -0.1) is 0 Å². The number of phenols is 1. The highest BCUT2D eigenvalue weighted by atomic mass is 16.3. The molecule has 1 aromatic carbocycles. The fraction of sp³-hybridized carbons (Fsp3) is 0.600. The van der Waals surface area contributed by atoms with Gasteiger partial charge < -0.3 is 10.4 Å². The van der Waals surface area contributed by atoms with E-state index < -0.39 is 0 Å². The van der Waals surface area contributed by atoms with E-state index in [0.717, 1.165) is 31.8 Å². The third kappa shape index (κ3) is 2.32. The van der Waals surface area contributed by atoms with Crippen molar-refractivity contribution >= 4 is 0 Å². The molecule has 0 saturated carbocycles. The molecule has 2 N–H and O–H groups in total. The highest BCUT2D eigenvalue weighted by Crippen LogP contribution is 2.31. The fourth-order valence-electron chi connectivity index (χ4n) is 3.22. The molecule has 0 radical (unpaired) electrons. The van der Waals surface area contributed by atoms with Crippen LogP contribution in [0.3, 0.4) is 0 Å². The molecule has 92 valence electrons. The number of hydrogen-bond donors (Lipinski definition) is 2. The first kappa shape index (κ1) is 11.1. The lowest BCUT2D eigenvalue weighted by molar-refractivity contribution is 0.366. The molecule has 2 aliphatic rings. The quantitative estimate of drug-likeness (QED) is 0.819. The van der Waals surface area contributed by atoms with Crippen LogP contribution in [0.2, 0.25) is 0 Å². The lowest BCUT2D eigenvalue weighted by atomic mass is 9.89. The van der Waals surface area contributed by atoms with Crippen LogP contribution >= 0.6 is 0 Å². The molecule has 2 heteroatoms. The predicted octanol–water partition coefficient (Wildman–Crippen LogP) is 2.42. The monoisotopic (exact) mass is 231 g/mol. The molecule has 0 aromatic heterocycles. The standard InChI is InChI=1S/C15H21NO/c17-15-10-13-3-1-2-12(13)9-14(15)8-11-4-6-16-7-5-11/h9-11,16-17H,1-8H2. The Balaban J connectivity index is 1.78. The molecule has 1 saturated heterocycles. The van der Waals surface area contributed by atoms with Gasteiger partial charge in [0.2, 0.25) is 0 Å². The fourth-order valence-corrected chi connectivity index (χ4v) is 3.22. The summed E-state index contributed by atoms with van der Waals surface area (Å²) in [7, 11) is 0. The summed E-state index contributed by atoms with van der Waals surface area (Å²) in [6.07, 6.45) is 7.16. The average Bonchev–Trinajstić information content (AvgIpc) is 2.78. The van der Waals surface area contributed by atoms with E-state index in [2.05, 4.69) is 11.4 Å². The molecule has 1 fully saturated rings. The number of rotatable bonds is 2. The molecule has 1 heterocycles. The Labute approximate surface area is 103 Å². The van der Waals surface area contributed by atoms with Crippen molar-refractivity contribution in [2.75, 3.05) is 13.1 Å². The van der Waals surface area contributed by atoms with E-state index in [9.17, 15) is 5.11 Å². The zero-order valence-electron chi connectivity index (χ0n) is 10.3. The Bertz CT molecular complexity index is 408. The molecular formula is C15H21NO. The van der Waals surface area contributed by atoms with Crippen LogP contribution in [-0.4, -0.2) is 18.2 Å². The minimum atomic E-state index is 0.532. The summed E-state index contributed by atoms with van der Waals surface area (Å²) in [6, 6.07) is 4.28. The van der Waals surface area contributed by atoms with E-state index in [4.69, 9.17) is 0 Å². The van der Waals surface area contributed by atoms with E-state index in [1.807, 2.05) is 6.07 Å². The third-order valence-corrected chi connectivity index (χ3v) is 4.26. The summed E-state index contributed by atoms with van der Waals surface area (Å²) in [5.41, 5.74) is 4.03. The second-order valence-electron chi connectivity index (χ2n) is 5.50. The van der Waals surface area contributed by atoms with Gasteiger partial charge in [0.25, 0.3) is 0 Å². The van der Waals surface area contributed by atoms with Crippen LogP contribution in [0.25, 0.3) is 0 Å². The Hall–Kier alpha value is -1.02. The maximum Gasteiger partial charge on any atom is 0.119 e. The number of aryl methyl sites for hydroxylation is 2. The number of aromatic hydroxyl groups is 1. The zero-order valence-corrected chi connectivity index (χ0v) is 10.3. The molecule has 0 atom stereocenters. The SMILES string of the molecule is Oc1cc2c(cc1CC1CCNCC1)CCC2. The predicted molar refractivity (Wildman–Crippen MR) is 69.4 cm³/mol. The van der Waals surface area contributed by atoms with Crippen molar-refractivity contribution in [1.82, 2.24) is 5.32 Å². The van der Waals surface area contributed by atoms with Gasteiger partial charge in [-0.3, -0.25) is 0 Å². The third-order valence-electron chi connectivity index (χ3n) is 4.26. The summed E-state index contributed by atoms with van der Waals surface area (Å²) in [6.45, 7) is 2.27. The maximum atomic E-state index is 10.1. The summed E-state index contributed by atoms with van der Waals surface area (Å²) in [5.74, 6) is 1.28. The van der Waals surface area contributed by atoms with Crippen molar-refractivity contribution in [1.29, 1.82) is 0 Å². The van der Waals surface area contributed by atoms with Crippen molar-refractivity contribution in [3.63, 3.8) is 0 Å². The van der Waals surface area contributed by atoms with Crippen LogP contribution in [0.4, 0.5) is 0 Å². The average molecular weight is 231 g/mol. The van der Waals surface area contributed by atoms with Gasteiger partial charge in [-0.2, -0.15) is 0 Å². The molecular weight excluding hydrogens is 210 g/mol. The van der Waals surface area contributed by atoms with Crippen molar-refractivity contribution in [2.45, 2.75) is 38.5 Å². The van der Waals surface area contributed by atoms with Gasteiger partial charge in [0.05, 0.1) is 0 Å². The molecule has 0 bridgehead atoms. The minimum absolute atomic E-state index is 0.532. The van der Waals surface area contributed by atoms with Crippen LogP contribution in [-0.2, 0) is 19.3 Å². The first-order valence-corrected chi connectivity index (χ1v) is 6.87. The van der Waals surface area contributed by atoms with Crippen LogP contribution < -0.4 is 5.32 Å². The Morgan fingerprint density at radius 3 is 2.59 bits per heavy atom. The maximum absolute atomic E-state index is 10.1. The minimum Gasteiger partial charge on any atom is -0.508 e. The molecule has 17 heavy (non-hydrogen) atoms. The van der Waals surface area contributed by atoms with Crippen LogP contribution in [0.15, 0.2) is 12.1 Å². The highest BCUT2D eigenvalue weighted by molar-refractivity contribution is 5.44. The first-order chi connectivity index (χ1) is 8.33. The van der Waals surface area contributed by atoms with Gasteiger partial charge in [0.15, 0.2) is 0 Å². The van der Waals surface area contributed by atoms with Crippen molar-refractivity contribution in [3.05, 3.63) is 28.8 Å². The molecule has 1 aliphatic heterocycles. The van der Waals surface area contributed by atoms with E-state index in [1.54, 1.807) is 0 Å². The molecule has 1 aromatic rings. The molecule has 0 unspecified atom stereocenters. The molecule has 3 rings (SSSR count). The second-order valence-corrected chi connectivity index (χ2v) is 5.50. The topological polar surface area (TPSA) is 32.3 Å². The number of nitrogens with one attached hydrogen (secondary N) is 1. The summed E-state index contributed by atoms with van der Waals surface area (Å²) < 4.78 is 0. The Morgan fingerprint density at radius 1 is 1.12 bits per heavy atom. The zero-order chi connectivity index (χ0) is 11.7. The highest BCUT2D eigenvalue weighted by Gasteiger charge is 2.18. The van der Waals surface area contributed by atoms with Crippen LogP contribution in [0.5, 0.6) is 5.75 Å². The molecule has 0 spiro atoms. The molecule has 0 amide bonds. The molecule has 1 aliphatic carbocycles. The van der Waals surface area contributed by atoms with Crippen molar-refractivity contribution in [2.24, 2.45) is 5.92 Å². The summed E-state index contributed by atoms with van der Waals surface area (Å²) >= 11 is 0. The van der Waals surface area contributed by atoms with E-state index in [0.29, 0.717) is 5.75 Å². The van der Waals surface area contributed by atoms with Gasteiger partial charge in [0.1, 0.15) is 5.75 Å². The number of hydrogen-bond acceptors (Lipinski definition) is 2. The second kappa shape index (κ2) is 4.69. The number of benzene rings is 1. The van der Waals surface area contributed by atoms with E-state index >= 15 is 0 Å². The van der Waals surface area contributed by atoms with Crippen molar-refractivity contribution < 1.29 is 5.11 Å². The van der Waals surface area contributed by atoms with Crippen LogP contribution in [0.1, 0.15) is 36.0 Å². The number of fused-ring (bicyclic) bond motifs is 1. The summed E-state index contributed by atoms with van der Waals surface area (Å²) in [5, 5.41) is 13.5. The van der Waals surface area contributed by atoms with Crippen molar-refractivity contribution in [3.8, 4) is 5.75 Å². The lowest BCUT2D eigenvalue weighted by Gasteiger charge is -2.23. The lowest BCUT2D eigenvalue weighted by Crippen LogP contribution is -2.28. The smallest absolute Gasteiger partial charge is 0.119 e. The number of piperidine rings is 1. The largest absolute Gasteiger partial charge is 0.508 e. The normalized spacial score (nSPS) is 20.5. The Morgan fingerprint density at radius 2 is 1.82 bits per heavy atom. The number of phenolic OH excluding ortho intramolecular Hbond substituents is 1. The van der Waals surface area contributed by atoms with E-state index in [1.165, 1.54) is 42.4 Å². The van der Waals surface area contributed by atoms with Gasteiger partial charge in [0, 0.05) is 0 Å². The summed E-state index contributed by atoms with van der Waals surface area (Å²) in [4.78, 5) is 0. The van der Waals surface area contributed by atoms with Gasteiger partial charge in [-0.1, -0.05) is 6.07 Å². The molecule has 2 nitrogen and oxygen atoms in total. The van der Waals surface area contributed by atoms with E-state index in [-0.39, 0.29) is 0 Å². The van der Waals surface area contributed by atoms with Crippen LogP contribution in [0, 0.1) is 5.92 Å².